The van der Waals surface area contributed by atoms with Crippen molar-refractivity contribution in [3.8, 4) is 0 Å². The molecule has 4 amide bonds. The standard InChI is InChI=1S/C24H25N5O5.C2HF3O2/c25-20(26)17-6-8-18(9-7-17)21(32)27-12-10-24(11-13-27)22(33)28(15-19(30)31)23(34)29(24)14-16-4-2-1-3-5-16;3-2(4,5)1(6)7/h1-9H,10-15H2,(H3,25,26)(H,30,31);(H,6,7). The van der Waals surface area contributed by atoms with Crippen LogP contribution in [0.1, 0.15) is 34.3 Å². The topological polar surface area (TPSA) is 185 Å². The number of imide groups is 1. The number of carboxylic acid groups (broad SMARTS) is 2. The molecule has 15 heteroatoms. The smallest absolute Gasteiger partial charge is 0.480 e. The Morgan fingerprint density at radius 2 is 1.44 bits per heavy atom. The van der Waals surface area contributed by atoms with Gasteiger partial charge in [-0.05, 0) is 30.5 Å². The molecule has 0 atom stereocenters. The summed E-state index contributed by atoms with van der Waals surface area (Å²) in [6.07, 6.45) is -4.67. The number of carboxylic acids is 2. The number of halogens is 3. The number of alkyl halides is 3. The van der Waals surface area contributed by atoms with Crippen LogP contribution in [0.2, 0.25) is 0 Å². The lowest BCUT2D eigenvalue weighted by molar-refractivity contribution is -0.192. The van der Waals surface area contributed by atoms with E-state index in [-0.39, 0.29) is 44.2 Å². The van der Waals surface area contributed by atoms with Crippen LogP contribution in [0.3, 0.4) is 0 Å². The number of amides is 4. The van der Waals surface area contributed by atoms with E-state index < -0.39 is 42.1 Å². The van der Waals surface area contributed by atoms with Crippen LogP contribution in [0, 0.1) is 5.41 Å². The van der Waals surface area contributed by atoms with Gasteiger partial charge in [-0.3, -0.25) is 24.7 Å². The Hall–Kier alpha value is -4.95. The number of piperidine rings is 1. The van der Waals surface area contributed by atoms with Crippen molar-refractivity contribution in [2.45, 2.75) is 31.1 Å². The molecular formula is C26H26F3N5O7. The fraction of sp³-hybridized carbons (Fsp3) is 0.308. The molecule has 12 nitrogen and oxygen atoms in total. The molecule has 0 bridgehead atoms. The SMILES string of the molecule is N=C(N)c1ccc(C(=O)N2CCC3(CC2)C(=O)N(CC(=O)O)C(=O)N3Cc2ccccc2)cc1.O=C(O)C(F)(F)F. The molecule has 2 fully saturated rings. The maximum Gasteiger partial charge on any atom is 0.490 e. The van der Waals surface area contributed by atoms with Gasteiger partial charge < -0.3 is 25.7 Å². The molecule has 41 heavy (non-hydrogen) atoms. The summed E-state index contributed by atoms with van der Waals surface area (Å²) in [7, 11) is 0. The van der Waals surface area contributed by atoms with E-state index >= 15 is 0 Å². The van der Waals surface area contributed by atoms with Crippen molar-refractivity contribution in [1.29, 1.82) is 5.41 Å². The second-order valence-electron chi connectivity index (χ2n) is 9.26. The number of likely N-dealkylation sites (tertiary alicyclic amines) is 1. The van der Waals surface area contributed by atoms with E-state index in [4.69, 9.17) is 21.0 Å². The van der Waals surface area contributed by atoms with E-state index in [1.165, 1.54) is 4.90 Å². The zero-order chi connectivity index (χ0) is 30.5. The Bertz CT molecular complexity index is 1340. The molecule has 2 aliphatic heterocycles. The number of nitrogens with zero attached hydrogens (tertiary/aromatic N) is 3. The van der Waals surface area contributed by atoms with Crippen molar-refractivity contribution in [3.63, 3.8) is 0 Å². The molecule has 2 heterocycles. The molecule has 5 N–H and O–H groups in total. The third-order valence-corrected chi connectivity index (χ3v) is 6.66. The van der Waals surface area contributed by atoms with Gasteiger partial charge in [0.25, 0.3) is 11.8 Å². The number of nitrogens with two attached hydrogens (primary N) is 1. The highest BCUT2D eigenvalue weighted by molar-refractivity contribution is 6.09. The first kappa shape index (κ1) is 30.6. The number of nitrogen functional groups attached to an aromatic ring is 1. The Balaban J connectivity index is 0.000000587. The number of nitrogens with one attached hydrogen (secondary N) is 1. The van der Waals surface area contributed by atoms with Gasteiger partial charge in [0.05, 0.1) is 0 Å². The van der Waals surface area contributed by atoms with Gasteiger partial charge in [0.2, 0.25) is 0 Å². The van der Waals surface area contributed by atoms with E-state index in [2.05, 4.69) is 0 Å². The first-order valence-electron chi connectivity index (χ1n) is 12.1. The molecule has 1 spiro atoms. The Kier molecular flexibility index (Phi) is 9.00. The molecule has 0 radical (unpaired) electrons. The van der Waals surface area contributed by atoms with Gasteiger partial charge in [-0.25, -0.2) is 9.59 Å². The number of amidine groups is 1. The fourth-order valence-electron chi connectivity index (χ4n) is 4.58. The van der Waals surface area contributed by atoms with Gasteiger partial charge in [0.15, 0.2) is 0 Å². The highest BCUT2D eigenvalue weighted by Crippen LogP contribution is 2.38. The summed E-state index contributed by atoms with van der Waals surface area (Å²) in [5.41, 5.74) is 6.04. The van der Waals surface area contributed by atoms with Gasteiger partial charge in [-0.1, -0.05) is 42.5 Å². The normalized spacial score (nSPS) is 16.3. The lowest BCUT2D eigenvalue weighted by Gasteiger charge is -2.42. The van der Waals surface area contributed by atoms with Crippen LogP contribution in [0.5, 0.6) is 0 Å². The maximum atomic E-state index is 13.3. The molecule has 218 valence electrons. The molecule has 2 aromatic carbocycles. The van der Waals surface area contributed by atoms with Gasteiger partial charge in [-0.15, -0.1) is 0 Å². The quantitative estimate of drug-likeness (QED) is 0.228. The first-order valence-corrected chi connectivity index (χ1v) is 12.1. The fourth-order valence-corrected chi connectivity index (χ4v) is 4.58. The van der Waals surface area contributed by atoms with Gasteiger partial charge >= 0.3 is 24.1 Å². The van der Waals surface area contributed by atoms with Crippen molar-refractivity contribution >= 4 is 35.6 Å². The minimum absolute atomic E-state index is 0.0900. The molecular weight excluding hydrogens is 551 g/mol. The summed E-state index contributed by atoms with van der Waals surface area (Å²) in [4.78, 5) is 63.5. The van der Waals surface area contributed by atoms with Crippen molar-refractivity contribution in [2.24, 2.45) is 5.73 Å². The molecule has 0 saturated carbocycles. The van der Waals surface area contributed by atoms with Crippen molar-refractivity contribution in [2.75, 3.05) is 19.6 Å². The second-order valence-corrected chi connectivity index (χ2v) is 9.26. The summed E-state index contributed by atoms with van der Waals surface area (Å²) in [5.74, 6) is -4.87. The van der Waals surface area contributed by atoms with Crippen LogP contribution in [-0.4, -0.2) is 91.9 Å². The third-order valence-electron chi connectivity index (χ3n) is 6.66. The molecule has 2 aromatic rings. The summed E-state index contributed by atoms with van der Waals surface area (Å²) < 4.78 is 31.7. The Morgan fingerprint density at radius 1 is 0.927 bits per heavy atom. The number of aliphatic carboxylic acids is 2. The van der Waals surface area contributed by atoms with E-state index in [1.807, 2.05) is 30.3 Å². The average molecular weight is 578 g/mol. The monoisotopic (exact) mass is 577 g/mol. The van der Waals surface area contributed by atoms with Gasteiger partial charge in [0, 0.05) is 30.8 Å². The summed E-state index contributed by atoms with van der Waals surface area (Å²) in [6, 6.07) is 15.0. The number of benzene rings is 2. The van der Waals surface area contributed by atoms with Gasteiger partial charge in [-0.2, -0.15) is 13.2 Å². The molecule has 4 rings (SSSR count). The van der Waals surface area contributed by atoms with E-state index in [1.54, 1.807) is 29.2 Å². The Labute approximate surface area is 231 Å². The highest BCUT2D eigenvalue weighted by atomic mass is 19.4. The minimum Gasteiger partial charge on any atom is -0.480 e. The van der Waals surface area contributed by atoms with Crippen LogP contribution in [-0.2, 0) is 20.9 Å². The molecule has 0 aromatic heterocycles. The van der Waals surface area contributed by atoms with E-state index in [0.29, 0.717) is 11.1 Å². The second kappa shape index (κ2) is 12.1. The van der Waals surface area contributed by atoms with Crippen LogP contribution < -0.4 is 5.73 Å². The minimum atomic E-state index is -5.08. The lowest BCUT2D eigenvalue weighted by atomic mass is 9.85. The van der Waals surface area contributed by atoms with Crippen molar-refractivity contribution in [1.82, 2.24) is 14.7 Å². The number of hydrogen-bond acceptors (Lipinski definition) is 6. The molecule has 2 saturated heterocycles. The zero-order valence-electron chi connectivity index (χ0n) is 21.4. The predicted molar refractivity (Wildman–Crippen MR) is 136 cm³/mol. The van der Waals surface area contributed by atoms with Crippen molar-refractivity contribution in [3.05, 3.63) is 71.3 Å². The molecule has 2 aliphatic rings. The number of rotatable bonds is 6. The maximum absolute atomic E-state index is 13.3. The first-order chi connectivity index (χ1) is 19.2. The highest BCUT2D eigenvalue weighted by Gasteiger charge is 2.58. The number of hydrogen-bond donors (Lipinski definition) is 4. The Morgan fingerprint density at radius 3 is 1.90 bits per heavy atom. The summed E-state index contributed by atoms with van der Waals surface area (Å²) in [6.45, 7) is -0.0607. The number of carbonyl (C=O) groups excluding carboxylic acids is 3. The van der Waals surface area contributed by atoms with E-state index in [9.17, 15) is 37.5 Å². The average Bonchev–Trinajstić information content (AvgIpc) is 3.10. The largest absolute Gasteiger partial charge is 0.490 e. The molecule has 0 aliphatic carbocycles. The summed E-state index contributed by atoms with van der Waals surface area (Å²) >= 11 is 0. The van der Waals surface area contributed by atoms with Crippen molar-refractivity contribution < 1.29 is 47.4 Å². The van der Waals surface area contributed by atoms with E-state index in [0.717, 1.165) is 10.5 Å². The molecule has 0 unspecified atom stereocenters. The summed E-state index contributed by atoms with van der Waals surface area (Å²) in [5, 5.41) is 23.8. The predicted octanol–water partition coefficient (Wildman–Crippen LogP) is 2.13. The van der Waals surface area contributed by atoms with Crippen LogP contribution in [0.15, 0.2) is 54.6 Å². The van der Waals surface area contributed by atoms with Crippen LogP contribution in [0.25, 0.3) is 0 Å². The number of carbonyl (C=O) groups is 5. The number of urea groups is 1. The van der Waals surface area contributed by atoms with Gasteiger partial charge in [0.1, 0.15) is 17.9 Å². The van der Waals surface area contributed by atoms with Crippen LogP contribution >= 0.6 is 0 Å². The zero-order valence-corrected chi connectivity index (χ0v) is 21.4. The lowest BCUT2D eigenvalue weighted by Crippen LogP contribution is -2.57. The third kappa shape index (κ3) is 6.80. The van der Waals surface area contributed by atoms with Crippen LogP contribution in [0.4, 0.5) is 18.0 Å².